The number of amides is 1. The van der Waals surface area contributed by atoms with Crippen LogP contribution >= 0.6 is 0 Å². The van der Waals surface area contributed by atoms with Gasteiger partial charge in [-0.2, -0.15) is 0 Å². The second-order valence-corrected chi connectivity index (χ2v) is 3.70. The Labute approximate surface area is 99.6 Å². The zero-order valence-electron chi connectivity index (χ0n) is 9.59. The van der Waals surface area contributed by atoms with Gasteiger partial charge in [0.1, 0.15) is 12.1 Å². The molecule has 2 atom stereocenters. The van der Waals surface area contributed by atoms with Crippen LogP contribution in [0.15, 0.2) is 30.3 Å². The number of rotatable bonds is 5. The lowest BCUT2D eigenvalue weighted by Crippen LogP contribution is -2.44. The molecular formula is C12H16N2O3. The van der Waals surface area contributed by atoms with E-state index in [4.69, 9.17) is 10.8 Å². The molecule has 0 saturated carbocycles. The predicted octanol–water partition coefficient (Wildman–Crippen LogP) is 0.666. The number of carboxylic acids is 1. The molecule has 1 aromatic rings. The minimum atomic E-state index is -1.05. The Morgan fingerprint density at radius 2 is 1.94 bits per heavy atom. The minimum Gasteiger partial charge on any atom is -0.480 e. The molecule has 0 aliphatic heterocycles. The van der Waals surface area contributed by atoms with E-state index < -0.39 is 24.0 Å². The highest BCUT2D eigenvalue weighted by atomic mass is 16.4. The van der Waals surface area contributed by atoms with Crippen molar-refractivity contribution in [1.82, 2.24) is 5.32 Å². The van der Waals surface area contributed by atoms with Crippen LogP contribution in [0.3, 0.4) is 0 Å². The van der Waals surface area contributed by atoms with Gasteiger partial charge in [0.25, 0.3) is 0 Å². The highest BCUT2D eigenvalue weighted by Crippen LogP contribution is 2.09. The molecule has 4 N–H and O–H groups in total. The molecule has 2 unspecified atom stereocenters. The Balaban J connectivity index is 2.68. The van der Waals surface area contributed by atoms with E-state index in [0.29, 0.717) is 12.0 Å². The highest BCUT2D eigenvalue weighted by molar-refractivity contribution is 5.87. The zero-order valence-corrected chi connectivity index (χ0v) is 9.59. The van der Waals surface area contributed by atoms with E-state index in [-0.39, 0.29) is 0 Å². The first-order chi connectivity index (χ1) is 8.06. The molecule has 0 heterocycles. The van der Waals surface area contributed by atoms with Crippen molar-refractivity contribution in [3.05, 3.63) is 35.9 Å². The highest BCUT2D eigenvalue weighted by Gasteiger charge is 2.22. The second kappa shape index (κ2) is 6.00. The molecule has 1 amide bonds. The summed E-state index contributed by atoms with van der Waals surface area (Å²) in [6, 6.07) is 7.09. The van der Waals surface area contributed by atoms with Crippen molar-refractivity contribution < 1.29 is 14.7 Å². The summed E-state index contributed by atoms with van der Waals surface area (Å²) in [5, 5.41) is 11.2. The van der Waals surface area contributed by atoms with Gasteiger partial charge in [0.15, 0.2) is 0 Å². The largest absolute Gasteiger partial charge is 0.480 e. The maximum Gasteiger partial charge on any atom is 0.326 e. The van der Waals surface area contributed by atoms with Gasteiger partial charge in [0.2, 0.25) is 5.91 Å². The fraction of sp³-hybridized carbons (Fsp3) is 0.333. The lowest BCUT2D eigenvalue weighted by molar-refractivity contribution is -0.142. The number of carbonyl (C=O) groups is 2. The molecule has 0 radical (unpaired) electrons. The van der Waals surface area contributed by atoms with Gasteiger partial charge in [-0.15, -0.1) is 0 Å². The van der Waals surface area contributed by atoms with E-state index in [2.05, 4.69) is 5.32 Å². The van der Waals surface area contributed by atoms with Gasteiger partial charge in [0.05, 0.1) is 0 Å². The molecule has 0 aromatic heterocycles. The summed E-state index contributed by atoms with van der Waals surface area (Å²) in [6.07, 6.45) is 0.322. The lowest BCUT2D eigenvalue weighted by atomic mass is 10.1. The summed E-state index contributed by atoms with van der Waals surface area (Å²) in [4.78, 5) is 22.5. The molecular weight excluding hydrogens is 220 g/mol. The van der Waals surface area contributed by atoms with Gasteiger partial charge < -0.3 is 16.2 Å². The van der Waals surface area contributed by atoms with Gasteiger partial charge in [-0.25, -0.2) is 4.79 Å². The number of benzene rings is 1. The fourth-order valence-corrected chi connectivity index (χ4v) is 1.41. The van der Waals surface area contributed by atoms with Crippen molar-refractivity contribution >= 4 is 11.9 Å². The summed E-state index contributed by atoms with van der Waals surface area (Å²) in [6.45, 7) is 1.69. The van der Waals surface area contributed by atoms with Crippen LogP contribution in [0.1, 0.15) is 24.9 Å². The van der Waals surface area contributed by atoms with Crippen LogP contribution in [0.5, 0.6) is 0 Å². The maximum atomic E-state index is 11.7. The van der Waals surface area contributed by atoms with E-state index in [0.717, 1.165) is 0 Å². The van der Waals surface area contributed by atoms with Crippen molar-refractivity contribution in [1.29, 1.82) is 0 Å². The van der Waals surface area contributed by atoms with E-state index in [1.165, 1.54) is 0 Å². The van der Waals surface area contributed by atoms with Crippen LogP contribution in [0.25, 0.3) is 0 Å². The third kappa shape index (κ3) is 3.57. The van der Waals surface area contributed by atoms with Crippen LogP contribution in [0, 0.1) is 0 Å². The molecule has 0 fully saturated rings. The molecule has 92 valence electrons. The average molecular weight is 236 g/mol. The normalized spacial score (nSPS) is 13.8. The predicted molar refractivity (Wildman–Crippen MR) is 63.2 cm³/mol. The third-order valence-corrected chi connectivity index (χ3v) is 2.46. The van der Waals surface area contributed by atoms with Crippen LogP contribution in [0.2, 0.25) is 0 Å². The number of hydrogen-bond acceptors (Lipinski definition) is 3. The van der Waals surface area contributed by atoms with Crippen molar-refractivity contribution in [2.45, 2.75) is 25.4 Å². The Morgan fingerprint density at radius 1 is 1.35 bits per heavy atom. The van der Waals surface area contributed by atoms with Crippen molar-refractivity contribution in [2.75, 3.05) is 0 Å². The van der Waals surface area contributed by atoms with Gasteiger partial charge in [-0.05, 0) is 12.0 Å². The number of nitrogens with one attached hydrogen (secondary N) is 1. The summed E-state index contributed by atoms with van der Waals surface area (Å²) in [5.74, 6) is -1.54. The van der Waals surface area contributed by atoms with Crippen LogP contribution in [-0.4, -0.2) is 23.0 Å². The zero-order chi connectivity index (χ0) is 12.8. The average Bonchev–Trinajstić information content (AvgIpc) is 2.35. The molecule has 0 spiro atoms. The van der Waals surface area contributed by atoms with E-state index in [1.807, 2.05) is 6.07 Å². The van der Waals surface area contributed by atoms with Crippen LogP contribution in [-0.2, 0) is 9.59 Å². The quantitative estimate of drug-likeness (QED) is 0.700. The standard InChI is InChI=1S/C12H16N2O3/c1-2-9(12(16)17)14-11(15)10(13)8-6-4-3-5-7-8/h3-7,9-10H,2,13H2,1H3,(H,14,15)(H,16,17). The molecule has 1 aromatic carbocycles. The van der Waals surface area contributed by atoms with Crippen LogP contribution < -0.4 is 11.1 Å². The molecule has 1 rings (SSSR count). The SMILES string of the molecule is CCC(NC(=O)C(N)c1ccccc1)C(=O)O. The van der Waals surface area contributed by atoms with Gasteiger partial charge in [-0.1, -0.05) is 37.3 Å². The molecule has 0 aliphatic carbocycles. The number of carboxylic acid groups (broad SMARTS) is 1. The molecule has 5 heteroatoms. The minimum absolute atomic E-state index is 0.322. The fourth-order valence-electron chi connectivity index (χ4n) is 1.41. The van der Waals surface area contributed by atoms with E-state index >= 15 is 0 Å². The molecule has 17 heavy (non-hydrogen) atoms. The first-order valence-electron chi connectivity index (χ1n) is 5.40. The summed E-state index contributed by atoms with van der Waals surface area (Å²) in [5.41, 5.74) is 6.39. The topological polar surface area (TPSA) is 92.4 Å². The molecule has 5 nitrogen and oxygen atoms in total. The Bertz CT molecular complexity index is 392. The Kier molecular flexibility index (Phi) is 4.66. The number of hydrogen-bond donors (Lipinski definition) is 3. The summed E-state index contributed by atoms with van der Waals surface area (Å²) < 4.78 is 0. The molecule has 0 bridgehead atoms. The first-order valence-corrected chi connectivity index (χ1v) is 5.40. The third-order valence-electron chi connectivity index (χ3n) is 2.46. The summed E-state index contributed by atoms with van der Waals surface area (Å²) in [7, 11) is 0. The monoisotopic (exact) mass is 236 g/mol. The van der Waals surface area contributed by atoms with E-state index in [1.54, 1.807) is 31.2 Å². The van der Waals surface area contributed by atoms with Gasteiger partial charge >= 0.3 is 5.97 Å². The van der Waals surface area contributed by atoms with Crippen molar-refractivity contribution in [3.8, 4) is 0 Å². The number of carbonyl (C=O) groups excluding carboxylic acids is 1. The number of nitrogens with two attached hydrogens (primary N) is 1. The first kappa shape index (κ1) is 13.2. The Hall–Kier alpha value is -1.88. The summed E-state index contributed by atoms with van der Waals surface area (Å²) >= 11 is 0. The molecule has 0 saturated heterocycles. The van der Waals surface area contributed by atoms with Gasteiger partial charge in [-0.3, -0.25) is 4.79 Å². The maximum absolute atomic E-state index is 11.7. The smallest absolute Gasteiger partial charge is 0.326 e. The Morgan fingerprint density at radius 3 is 2.41 bits per heavy atom. The number of aliphatic carboxylic acids is 1. The van der Waals surface area contributed by atoms with E-state index in [9.17, 15) is 9.59 Å². The second-order valence-electron chi connectivity index (χ2n) is 3.70. The van der Waals surface area contributed by atoms with Crippen LogP contribution in [0.4, 0.5) is 0 Å². The lowest BCUT2D eigenvalue weighted by Gasteiger charge is -2.16. The molecule has 0 aliphatic rings. The van der Waals surface area contributed by atoms with Gasteiger partial charge in [0, 0.05) is 0 Å². The van der Waals surface area contributed by atoms with Crippen molar-refractivity contribution in [2.24, 2.45) is 5.73 Å². The van der Waals surface area contributed by atoms with Crippen molar-refractivity contribution in [3.63, 3.8) is 0 Å².